The zero-order valence-corrected chi connectivity index (χ0v) is 10.5. The van der Waals surface area contributed by atoms with Gasteiger partial charge in [0.25, 0.3) is 0 Å². The minimum atomic E-state index is -1.12. The summed E-state index contributed by atoms with van der Waals surface area (Å²) in [5.41, 5.74) is 6.29. The Morgan fingerprint density at radius 3 is 2.75 bits per heavy atom. The highest BCUT2D eigenvalue weighted by Crippen LogP contribution is 2.31. The van der Waals surface area contributed by atoms with E-state index in [1.807, 2.05) is 0 Å². The summed E-state index contributed by atoms with van der Waals surface area (Å²) in [6.07, 6.45) is -2.11. The summed E-state index contributed by atoms with van der Waals surface area (Å²) in [4.78, 5) is 11.9. The van der Waals surface area contributed by atoms with E-state index in [0.29, 0.717) is 5.52 Å². The Labute approximate surface area is 113 Å². The van der Waals surface area contributed by atoms with E-state index in [9.17, 15) is 10.2 Å². The predicted molar refractivity (Wildman–Crippen MR) is 66.0 cm³/mol. The van der Waals surface area contributed by atoms with Gasteiger partial charge in [-0.3, -0.25) is 4.57 Å². The van der Waals surface area contributed by atoms with Crippen molar-refractivity contribution in [3.63, 3.8) is 0 Å². The average molecular weight is 276 g/mol. The number of aliphatic hydroxyl groups excluding tert-OH is 2. The van der Waals surface area contributed by atoms with Crippen LogP contribution in [0.4, 0.5) is 5.82 Å². The Morgan fingerprint density at radius 2 is 2.15 bits per heavy atom. The van der Waals surface area contributed by atoms with Crippen LogP contribution in [0.1, 0.15) is 19.0 Å². The van der Waals surface area contributed by atoms with Crippen LogP contribution >= 0.6 is 0 Å². The fourth-order valence-electron chi connectivity index (χ4n) is 2.23. The summed E-state index contributed by atoms with van der Waals surface area (Å²) in [5, 5.41) is 28.6. The Balaban J connectivity index is 2.14. The van der Waals surface area contributed by atoms with E-state index in [4.69, 9.17) is 15.7 Å². The van der Waals surface area contributed by atoms with Gasteiger partial charge in [-0.15, -0.1) is 0 Å². The lowest BCUT2D eigenvalue weighted by molar-refractivity contribution is -0.0299. The minimum Gasteiger partial charge on any atom is -0.388 e. The highest BCUT2D eigenvalue weighted by Gasteiger charge is 2.42. The topological polar surface area (TPSA) is 143 Å². The second-order valence-electron chi connectivity index (χ2n) is 4.58. The molecule has 4 N–H and O–H groups in total. The van der Waals surface area contributed by atoms with Crippen molar-refractivity contribution in [1.82, 2.24) is 19.5 Å². The smallest absolute Gasteiger partial charge is 0.236 e. The number of aliphatic hydroxyl groups is 2. The van der Waals surface area contributed by atoms with Crippen molar-refractivity contribution in [2.45, 2.75) is 31.5 Å². The van der Waals surface area contributed by atoms with Crippen molar-refractivity contribution in [3.05, 3.63) is 12.2 Å². The van der Waals surface area contributed by atoms with Crippen molar-refractivity contribution in [3.8, 4) is 6.07 Å². The molecule has 0 unspecified atom stereocenters. The Bertz CT molecular complexity index is 708. The average Bonchev–Trinajstić information content (AvgIpc) is 2.96. The highest BCUT2D eigenvalue weighted by atomic mass is 16.6. The van der Waals surface area contributed by atoms with Crippen LogP contribution in [0.3, 0.4) is 0 Å². The number of nitrogens with two attached hydrogens (primary N) is 1. The molecule has 0 bridgehead atoms. The van der Waals surface area contributed by atoms with Gasteiger partial charge in [-0.2, -0.15) is 15.2 Å². The van der Waals surface area contributed by atoms with Gasteiger partial charge in [-0.05, 0) is 6.92 Å². The van der Waals surface area contributed by atoms with Gasteiger partial charge in [0, 0.05) is 0 Å². The molecule has 4 atom stereocenters. The van der Waals surface area contributed by atoms with Gasteiger partial charge < -0.3 is 20.7 Å². The maximum absolute atomic E-state index is 9.99. The van der Waals surface area contributed by atoms with Crippen molar-refractivity contribution >= 4 is 17.0 Å². The second kappa shape index (κ2) is 4.38. The van der Waals surface area contributed by atoms with E-state index in [0.717, 1.165) is 0 Å². The van der Waals surface area contributed by atoms with Gasteiger partial charge in [0.15, 0.2) is 17.7 Å². The molecular formula is C11H12N6O3. The molecule has 0 spiro atoms. The number of ether oxygens (including phenoxy) is 1. The third kappa shape index (κ3) is 1.70. The molecule has 9 nitrogen and oxygen atoms in total. The summed E-state index contributed by atoms with van der Waals surface area (Å²) >= 11 is 0. The fraction of sp³-hybridized carbons (Fsp3) is 0.455. The zero-order valence-electron chi connectivity index (χ0n) is 10.5. The number of hydrogen-bond acceptors (Lipinski definition) is 8. The van der Waals surface area contributed by atoms with Crippen LogP contribution in [-0.4, -0.2) is 48.0 Å². The van der Waals surface area contributed by atoms with E-state index >= 15 is 0 Å². The van der Waals surface area contributed by atoms with Gasteiger partial charge in [0.1, 0.15) is 23.8 Å². The number of anilines is 1. The maximum atomic E-state index is 9.99. The summed E-state index contributed by atoms with van der Waals surface area (Å²) in [6, 6.07) is 1.80. The van der Waals surface area contributed by atoms with Crippen LogP contribution in [0.5, 0.6) is 0 Å². The molecular weight excluding hydrogens is 264 g/mol. The van der Waals surface area contributed by atoms with Crippen molar-refractivity contribution in [1.29, 1.82) is 5.26 Å². The van der Waals surface area contributed by atoms with Crippen LogP contribution in [0.2, 0.25) is 0 Å². The lowest BCUT2D eigenvalue weighted by atomic mass is 10.1. The van der Waals surface area contributed by atoms with Gasteiger partial charge >= 0.3 is 0 Å². The largest absolute Gasteiger partial charge is 0.388 e. The maximum Gasteiger partial charge on any atom is 0.236 e. The number of hydrogen-bond donors (Lipinski definition) is 3. The van der Waals surface area contributed by atoms with E-state index in [-0.39, 0.29) is 17.3 Å². The van der Waals surface area contributed by atoms with Crippen molar-refractivity contribution in [2.24, 2.45) is 0 Å². The highest BCUT2D eigenvalue weighted by molar-refractivity contribution is 5.81. The first-order valence-electron chi connectivity index (χ1n) is 5.94. The molecule has 0 aliphatic carbocycles. The third-order valence-corrected chi connectivity index (χ3v) is 3.30. The van der Waals surface area contributed by atoms with Gasteiger partial charge in [0.05, 0.1) is 12.4 Å². The van der Waals surface area contributed by atoms with Crippen LogP contribution in [0.25, 0.3) is 11.2 Å². The molecule has 0 amide bonds. The monoisotopic (exact) mass is 276 g/mol. The number of fused-ring (bicyclic) bond motifs is 1. The molecule has 1 saturated heterocycles. The standard InChI is InChI=1S/C11H12N6O3/c1-4-7(18)8(19)11(20-4)17-3-14-6-9(13)15-5(2-12)16-10(6)17/h3-4,7-8,11,18-19H,1H3,(H2,13,15,16)/t4-,7-,8-,11-/m1/s1. The molecule has 2 aromatic heterocycles. The number of aromatic nitrogens is 4. The first-order chi connectivity index (χ1) is 9.52. The second-order valence-corrected chi connectivity index (χ2v) is 4.58. The Hall–Kier alpha value is -2.28. The fourth-order valence-corrected chi connectivity index (χ4v) is 2.23. The molecule has 9 heteroatoms. The summed E-state index contributed by atoms with van der Waals surface area (Å²) < 4.78 is 6.93. The van der Waals surface area contributed by atoms with Gasteiger partial charge in [-0.1, -0.05) is 0 Å². The lowest BCUT2D eigenvalue weighted by Crippen LogP contribution is -2.30. The molecule has 1 fully saturated rings. The van der Waals surface area contributed by atoms with Gasteiger partial charge in [-0.25, -0.2) is 4.98 Å². The van der Waals surface area contributed by atoms with E-state index in [2.05, 4.69) is 15.0 Å². The third-order valence-electron chi connectivity index (χ3n) is 3.30. The quantitative estimate of drug-likeness (QED) is 0.596. The van der Waals surface area contributed by atoms with Crippen molar-refractivity contribution < 1.29 is 14.9 Å². The molecule has 104 valence electrons. The van der Waals surface area contributed by atoms with Crippen LogP contribution < -0.4 is 5.73 Å². The molecule has 1 aliphatic rings. The Morgan fingerprint density at radius 1 is 1.40 bits per heavy atom. The van der Waals surface area contributed by atoms with Crippen LogP contribution in [0.15, 0.2) is 6.33 Å². The SMILES string of the molecule is C[C@H]1O[C@@H](n2cnc3c(N)nc(C#N)nc32)[C@H](O)[C@@H]1O. The normalized spacial score (nSPS) is 29.7. The number of rotatable bonds is 1. The first-order valence-corrected chi connectivity index (χ1v) is 5.94. The molecule has 3 heterocycles. The van der Waals surface area contributed by atoms with Crippen LogP contribution in [-0.2, 0) is 4.74 Å². The zero-order chi connectivity index (χ0) is 14.4. The summed E-state index contributed by atoms with van der Waals surface area (Å²) in [6.45, 7) is 1.65. The van der Waals surface area contributed by atoms with E-state index < -0.39 is 24.5 Å². The number of nitrogens with zero attached hydrogens (tertiary/aromatic N) is 5. The van der Waals surface area contributed by atoms with Crippen molar-refractivity contribution in [2.75, 3.05) is 5.73 Å². The summed E-state index contributed by atoms with van der Waals surface area (Å²) in [7, 11) is 0. The predicted octanol–water partition coefficient (Wildman–Crippen LogP) is -1.08. The number of imidazole rings is 1. The van der Waals surface area contributed by atoms with Gasteiger partial charge in [0.2, 0.25) is 5.82 Å². The molecule has 2 aromatic rings. The molecule has 1 aliphatic heterocycles. The lowest BCUT2D eigenvalue weighted by Gasteiger charge is -2.16. The molecule has 0 aromatic carbocycles. The molecule has 0 radical (unpaired) electrons. The molecule has 20 heavy (non-hydrogen) atoms. The van der Waals surface area contributed by atoms with E-state index in [1.165, 1.54) is 10.9 Å². The van der Waals surface area contributed by atoms with E-state index in [1.54, 1.807) is 13.0 Å². The Kier molecular flexibility index (Phi) is 2.79. The number of nitriles is 1. The number of nitrogen functional groups attached to an aromatic ring is 1. The minimum absolute atomic E-state index is 0.0754. The first kappa shape index (κ1) is 12.7. The van der Waals surface area contributed by atoms with Crippen LogP contribution in [0, 0.1) is 11.3 Å². The molecule has 3 rings (SSSR count). The molecule has 0 saturated carbocycles. The summed E-state index contributed by atoms with van der Waals surface area (Å²) in [5.74, 6) is -0.0239.